The van der Waals surface area contributed by atoms with Crippen LogP contribution in [0.2, 0.25) is 0 Å². The van der Waals surface area contributed by atoms with Crippen molar-refractivity contribution in [2.45, 2.75) is 6.18 Å². The van der Waals surface area contributed by atoms with Crippen molar-refractivity contribution < 1.29 is 13.2 Å². The number of para-hydroxylation sites is 3. The normalized spacial score (nSPS) is 12.0. The van der Waals surface area contributed by atoms with E-state index in [-0.39, 0.29) is 11.4 Å². The molecule has 0 N–H and O–H groups in total. The summed E-state index contributed by atoms with van der Waals surface area (Å²) in [6.45, 7) is 0. The molecule has 5 heterocycles. The molecule has 10 aromatic carbocycles. The van der Waals surface area contributed by atoms with Crippen LogP contribution in [-0.4, -0.2) is 33.2 Å². The molecule has 0 saturated heterocycles. The summed E-state index contributed by atoms with van der Waals surface area (Å²) in [6.07, 6.45) is -0.540. The van der Waals surface area contributed by atoms with Crippen LogP contribution >= 0.6 is 0 Å². The summed E-state index contributed by atoms with van der Waals surface area (Å²) >= 11 is 0. The number of hydrogen-bond acceptors (Lipinski definition) is 3. The van der Waals surface area contributed by atoms with Crippen LogP contribution in [0.25, 0.3) is 133 Å². The first-order valence-electron chi connectivity index (χ1n) is 25.7. The number of hydrogen-bond donors (Lipinski definition) is 0. The predicted octanol–water partition coefficient (Wildman–Crippen LogP) is 17.6. The summed E-state index contributed by atoms with van der Waals surface area (Å²) in [4.78, 5) is 14.6. The molecule has 15 rings (SSSR count). The Morgan fingerprint density at radius 1 is 0.282 bits per heavy atom. The van der Waals surface area contributed by atoms with Crippen molar-refractivity contribution in [1.82, 2.24) is 33.2 Å². The molecule has 5 aromatic heterocycles. The molecule has 0 amide bonds. The maximum absolute atomic E-state index is 15.5. The lowest BCUT2D eigenvalue weighted by molar-refractivity contribution is -0.137. The monoisotopic (exact) mass is 1010 g/mol. The summed E-state index contributed by atoms with van der Waals surface area (Å²) in [5.74, 6) is 0.826. The van der Waals surface area contributed by atoms with Crippen molar-refractivity contribution in [1.29, 1.82) is 0 Å². The fourth-order valence-corrected chi connectivity index (χ4v) is 11.5. The average Bonchev–Trinajstić information content (AvgIpc) is 4.31. The lowest BCUT2D eigenvalue weighted by Gasteiger charge is -2.16. The minimum Gasteiger partial charge on any atom is -0.316 e. The molecule has 0 radical (unpaired) electrons. The fraction of sp³-hybridized carbons (Fsp3) is 0.0147. The number of benzene rings is 10. The van der Waals surface area contributed by atoms with E-state index in [1.165, 1.54) is 6.07 Å². The van der Waals surface area contributed by atoms with E-state index in [4.69, 9.17) is 15.0 Å². The zero-order valence-electron chi connectivity index (χ0n) is 41.5. The van der Waals surface area contributed by atoms with Crippen molar-refractivity contribution >= 4 is 65.4 Å². The minimum absolute atomic E-state index is 0.122. The van der Waals surface area contributed by atoms with Crippen LogP contribution in [0.5, 0.6) is 0 Å². The number of fused-ring (bicyclic) bond motifs is 10. The summed E-state index contributed by atoms with van der Waals surface area (Å²) in [6, 6.07) is 79.8. The van der Waals surface area contributed by atoms with E-state index in [1.54, 1.807) is 6.07 Å². The Kier molecular flexibility index (Phi) is 10.2. The summed E-state index contributed by atoms with van der Waals surface area (Å²) in [7, 11) is 0. The molecule has 0 aliphatic rings. The first kappa shape index (κ1) is 45.1. The van der Waals surface area contributed by atoms with E-state index in [9.17, 15) is 0 Å². The Hall–Kier alpha value is -10.3. The van der Waals surface area contributed by atoms with Gasteiger partial charge in [0.2, 0.25) is 0 Å². The van der Waals surface area contributed by atoms with Crippen LogP contribution in [0.1, 0.15) is 5.56 Å². The molecule has 15 aromatic rings. The molecular formula is C68H42F3N7. The van der Waals surface area contributed by atoms with Crippen LogP contribution in [0.4, 0.5) is 13.2 Å². The topological polar surface area (TPSA) is 58.4 Å². The maximum atomic E-state index is 15.5. The Morgan fingerprint density at radius 2 is 0.679 bits per heavy atom. The van der Waals surface area contributed by atoms with Crippen molar-refractivity contribution in [2.24, 2.45) is 0 Å². The van der Waals surface area contributed by atoms with Gasteiger partial charge in [0.25, 0.3) is 0 Å². The average molecular weight is 1010 g/mol. The zero-order chi connectivity index (χ0) is 52.1. The SMILES string of the molecule is FC(F)(F)c1cc(-c2nc(-c3ccccc3)nc(-c3ccccc3)n2)cc(-n2c3ccc(-c4ccc5c(c4)c4ccc6c(ccn6-c6ccccc6)c4n5-c4ccccc4)cc3c3ccc4c(ccn4-c4ccccc4)c32)c1. The number of nitrogens with zero attached hydrogens (tertiary/aromatic N) is 7. The van der Waals surface area contributed by atoms with Gasteiger partial charge in [0, 0.05) is 84.2 Å². The van der Waals surface area contributed by atoms with E-state index in [1.807, 2.05) is 120 Å². The Labute approximate surface area is 444 Å². The van der Waals surface area contributed by atoms with Crippen LogP contribution < -0.4 is 0 Å². The van der Waals surface area contributed by atoms with E-state index >= 15 is 13.2 Å². The quantitative estimate of drug-likeness (QED) is 0.152. The third kappa shape index (κ3) is 7.32. The molecule has 7 nitrogen and oxygen atoms in total. The molecule has 78 heavy (non-hydrogen) atoms. The summed E-state index contributed by atoms with van der Waals surface area (Å²) in [5.41, 5.74) is 12.0. The van der Waals surface area contributed by atoms with Gasteiger partial charge in [0.05, 0.1) is 38.7 Å². The molecule has 10 heteroatoms. The summed E-state index contributed by atoms with van der Waals surface area (Å²) < 4.78 is 55.2. The molecule has 0 fully saturated rings. The van der Waals surface area contributed by atoms with Crippen molar-refractivity contribution in [2.75, 3.05) is 0 Å². The Bertz CT molecular complexity index is 4750. The van der Waals surface area contributed by atoms with Crippen molar-refractivity contribution in [3.8, 4) is 68.0 Å². The smallest absolute Gasteiger partial charge is 0.316 e. The standard InChI is InChI=1S/C68H42F3N7/c69-68(70,71)48-38-47(67-73-65(43-16-6-1-7-17-43)72-66(74-67)44-18-8-2-9-19-44)39-52(42-48)78-62-31-27-46(41-58(62)54-29-33-60-56(64(54)78)35-37-76(60)50-22-12-4-13-23-50)45-26-30-61-57(40-45)53-28-32-59-55(34-36-75(59)49-20-10-3-11-21-49)63(53)77(61)51-24-14-5-15-25-51/h1-42H. The van der Waals surface area contributed by atoms with E-state index in [0.717, 1.165) is 99.7 Å². The summed E-state index contributed by atoms with van der Waals surface area (Å²) in [5, 5.41) is 6.04. The second-order valence-electron chi connectivity index (χ2n) is 19.6. The first-order valence-corrected chi connectivity index (χ1v) is 25.7. The second-order valence-corrected chi connectivity index (χ2v) is 19.6. The molecular weight excluding hydrogens is 972 g/mol. The molecule has 0 aliphatic carbocycles. The minimum atomic E-state index is -4.71. The van der Waals surface area contributed by atoms with Gasteiger partial charge in [-0.05, 0) is 114 Å². The Morgan fingerprint density at radius 3 is 1.13 bits per heavy atom. The molecule has 0 unspecified atom stereocenters. The maximum Gasteiger partial charge on any atom is 0.416 e. The highest BCUT2D eigenvalue weighted by Gasteiger charge is 2.33. The van der Waals surface area contributed by atoms with Crippen LogP contribution in [0.15, 0.2) is 255 Å². The number of alkyl halides is 3. The highest BCUT2D eigenvalue weighted by molar-refractivity contribution is 6.21. The van der Waals surface area contributed by atoms with Gasteiger partial charge in [-0.2, -0.15) is 13.2 Å². The lowest BCUT2D eigenvalue weighted by atomic mass is 10.00. The van der Waals surface area contributed by atoms with Crippen molar-refractivity contribution in [3.05, 3.63) is 261 Å². The van der Waals surface area contributed by atoms with Gasteiger partial charge >= 0.3 is 6.18 Å². The van der Waals surface area contributed by atoms with Gasteiger partial charge in [0.15, 0.2) is 17.5 Å². The molecule has 0 bridgehead atoms. The second kappa shape index (κ2) is 17.6. The van der Waals surface area contributed by atoms with Gasteiger partial charge < -0.3 is 18.3 Å². The largest absolute Gasteiger partial charge is 0.416 e. The van der Waals surface area contributed by atoms with Gasteiger partial charge in [-0.3, -0.25) is 0 Å². The van der Waals surface area contributed by atoms with E-state index < -0.39 is 11.7 Å². The van der Waals surface area contributed by atoms with E-state index in [2.05, 4.69) is 135 Å². The fourth-order valence-electron chi connectivity index (χ4n) is 11.5. The third-order valence-corrected chi connectivity index (χ3v) is 15.1. The Balaban J connectivity index is 0.958. The molecule has 0 saturated carbocycles. The van der Waals surface area contributed by atoms with E-state index in [0.29, 0.717) is 28.5 Å². The molecule has 370 valence electrons. The highest BCUT2D eigenvalue weighted by Crippen LogP contribution is 2.44. The predicted molar refractivity (Wildman–Crippen MR) is 309 cm³/mol. The zero-order valence-corrected chi connectivity index (χ0v) is 41.5. The molecule has 0 spiro atoms. The lowest BCUT2D eigenvalue weighted by Crippen LogP contribution is -2.08. The highest BCUT2D eigenvalue weighted by atomic mass is 19.4. The number of rotatable bonds is 8. The first-order chi connectivity index (χ1) is 38.3. The van der Waals surface area contributed by atoms with Crippen LogP contribution in [0, 0.1) is 0 Å². The van der Waals surface area contributed by atoms with Gasteiger partial charge in [0.1, 0.15) is 0 Å². The van der Waals surface area contributed by atoms with Crippen LogP contribution in [0.3, 0.4) is 0 Å². The van der Waals surface area contributed by atoms with Gasteiger partial charge in [-0.1, -0.05) is 140 Å². The van der Waals surface area contributed by atoms with Gasteiger partial charge in [-0.15, -0.1) is 0 Å². The third-order valence-electron chi connectivity index (χ3n) is 15.1. The van der Waals surface area contributed by atoms with Crippen molar-refractivity contribution in [3.63, 3.8) is 0 Å². The van der Waals surface area contributed by atoms with Crippen LogP contribution in [-0.2, 0) is 6.18 Å². The number of halogens is 3. The molecule has 0 aliphatic heterocycles. The number of aromatic nitrogens is 7. The van der Waals surface area contributed by atoms with Gasteiger partial charge in [-0.25, -0.2) is 15.0 Å². The molecule has 0 atom stereocenters.